The van der Waals surface area contributed by atoms with Crippen LogP contribution in [0.4, 0.5) is 5.69 Å². The molecule has 1 aliphatic heterocycles. The van der Waals surface area contributed by atoms with Gasteiger partial charge in [0.1, 0.15) is 0 Å². The van der Waals surface area contributed by atoms with Crippen LogP contribution in [0.1, 0.15) is 29.0 Å². The van der Waals surface area contributed by atoms with Crippen molar-refractivity contribution in [2.24, 2.45) is 0 Å². The normalized spacial score (nSPS) is 18.5. The summed E-state index contributed by atoms with van der Waals surface area (Å²) in [5, 5.41) is 0.931. The molecule has 2 heteroatoms. The van der Waals surface area contributed by atoms with Gasteiger partial charge < -0.3 is 4.90 Å². The molecule has 104 valence electrons. The first-order valence-electron chi connectivity index (χ1n) is 7.23. The van der Waals surface area contributed by atoms with E-state index < -0.39 is 0 Å². The third-order valence-corrected chi connectivity index (χ3v) is 4.86. The molecule has 3 rings (SSSR count). The van der Waals surface area contributed by atoms with Crippen molar-refractivity contribution in [1.82, 2.24) is 0 Å². The maximum atomic E-state index is 3.53. The fourth-order valence-corrected chi connectivity index (χ4v) is 3.48. The van der Waals surface area contributed by atoms with Gasteiger partial charge in [-0.25, -0.2) is 0 Å². The molecule has 1 heterocycles. The Hall–Kier alpha value is -1.28. The van der Waals surface area contributed by atoms with Gasteiger partial charge in [0.15, 0.2) is 0 Å². The van der Waals surface area contributed by atoms with Crippen LogP contribution in [0, 0.1) is 6.92 Å². The topological polar surface area (TPSA) is 3.24 Å². The van der Waals surface area contributed by atoms with E-state index in [1.807, 2.05) is 0 Å². The Morgan fingerprint density at radius 1 is 1.15 bits per heavy atom. The summed E-state index contributed by atoms with van der Waals surface area (Å²) >= 11 is 3.53. The SMILES string of the molecule is Cc1cc(CBr)ccc1N1CCC(c2ccccc2)C1. The smallest absolute Gasteiger partial charge is 0.0396 e. The summed E-state index contributed by atoms with van der Waals surface area (Å²) in [7, 11) is 0. The summed E-state index contributed by atoms with van der Waals surface area (Å²) < 4.78 is 0. The third-order valence-electron chi connectivity index (χ3n) is 4.22. The predicted molar refractivity (Wildman–Crippen MR) is 89.8 cm³/mol. The standard InChI is InChI=1S/C18H20BrN/c1-14-11-15(12-19)7-8-18(14)20-10-9-17(13-20)16-5-3-2-4-6-16/h2-8,11,17H,9-10,12-13H2,1H3. The minimum absolute atomic E-state index is 0.673. The lowest BCUT2D eigenvalue weighted by Crippen LogP contribution is -2.20. The highest BCUT2D eigenvalue weighted by atomic mass is 79.9. The number of benzene rings is 2. The van der Waals surface area contributed by atoms with Gasteiger partial charge in [-0.1, -0.05) is 58.4 Å². The molecule has 0 bridgehead atoms. The molecule has 0 saturated carbocycles. The number of rotatable bonds is 3. The maximum absolute atomic E-state index is 3.53. The highest BCUT2D eigenvalue weighted by molar-refractivity contribution is 9.08. The van der Waals surface area contributed by atoms with Crippen molar-refractivity contribution < 1.29 is 0 Å². The summed E-state index contributed by atoms with van der Waals surface area (Å²) in [5.74, 6) is 0.673. The molecule has 2 aromatic rings. The van der Waals surface area contributed by atoms with Gasteiger partial charge >= 0.3 is 0 Å². The number of halogens is 1. The predicted octanol–water partition coefficient (Wildman–Crippen LogP) is 4.88. The van der Waals surface area contributed by atoms with Crippen molar-refractivity contribution in [3.63, 3.8) is 0 Å². The van der Waals surface area contributed by atoms with Crippen LogP contribution in [-0.2, 0) is 5.33 Å². The van der Waals surface area contributed by atoms with Crippen molar-refractivity contribution in [3.8, 4) is 0 Å². The number of hydrogen-bond acceptors (Lipinski definition) is 1. The number of hydrogen-bond donors (Lipinski definition) is 0. The molecule has 0 aliphatic carbocycles. The molecule has 1 saturated heterocycles. The van der Waals surface area contributed by atoms with E-state index >= 15 is 0 Å². The third kappa shape index (κ3) is 2.76. The molecule has 1 aliphatic rings. The summed E-state index contributed by atoms with van der Waals surface area (Å²) in [6.45, 7) is 4.52. The first-order valence-corrected chi connectivity index (χ1v) is 8.35. The largest absolute Gasteiger partial charge is 0.371 e. The second-order valence-corrected chi connectivity index (χ2v) is 6.16. The Bertz CT molecular complexity index is 579. The van der Waals surface area contributed by atoms with E-state index in [0.717, 1.165) is 18.4 Å². The Morgan fingerprint density at radius 3 is 2.65 bits per heavy atom. The molecular formula is C18H20BrN. The van der Waals surface area contributed by atoms with E-state index in [0.29, 0.717) is 5.92 Å². The lowest BCUT2D eigenvalue weighted by Gasteiger charge is -2.21. The van der Waals surface area contributed by atoms with Crippen molar-refractivity contribution in [3.05, 3.63) is 65.2 Å². The van der Waals surface area contributed by atoms with E-state index in [4.69, 9.17) is 0 Å². The quantitative estimate of drug-likeness (QED) is 0.725. The summed E-state index contributed by atoms with van der Waals surface area (Å²) in [6, 6.07) is 17.7. The molecule has 0 spiro atoms. The second kappa shape index (κ2) is 6.01. The van der Waals surface area contributed by atoms with E-state index in [2.05, 4.69) is 76.3 Å². The summed E-state index contributed by atoms with van der Waals surface area (Å²) in [5.41, 5.74) is 5.61. The first kappa shape index (κ1) is 13.7. The zero-order valence-electron chi connectivity index (χ0n) is 11.8. The molecule has 0 radical (unpaired) electrons. The minimum atomic E-state index is 0.673. The Kier molecular flexibility index (Phi) is 4.11. The van der Waals surface area contributed by atoms with Crippen molar-refractivity contribution in [2.75, 3.05) is 18.0 Å². The van der Waals surface area contributed by atoms with Gasteiger partial charge in [-0.15, -0.1) is 0 Å². The van der Waals surface area contributed by atoms with Crippen LogP contribution in [0.3, 0.4) is 0 Å². The fraction of sp³-hybridized carbons (Fsp3) is 0.333. The maximum Gasteiger partial charge on any atom is 0.0396 e. The summed E-state index contributed by atoms with van der Waals surface area (Å²) in [6.07, 6.45) is 1.25. The molecule has 20 heavy (non-hydrogen) atoms. The second-order valence-electron chi connectivity index (χ2n) is 5.60. The van der Waals surface area contributed by atoms with Crippen LogP contribution in [0.25, 0.3) is 0 Å². The zero-order chi connectivity index (χ0) is 13.9. The van der Waals surface area contributed by atoms with Crippen LogP contribution in [0.5, 0.6) is 0 Å². The Balaban J connectivity index is 1.77. The average Bonchev–Trinajstić information content (AvgIpc) is 2.97. The highest BCUT2D eigenvalue weighted by Crippen LogP contribution is 2.32. The number of anilines is 1. The first-order chi connectivity index (χ1) is 9.78. The van der Waals surface area contributed by atoms with Crippen molar-refractivity contribution >= 4 is 21.6 Å². The highest BCUT2D eigenvalue weighted by Gasteiger charge is 2.24. The van der Waals surface area contributed by atoms with Gasteiger partial charge in [0.25, 0.3) is 0 Å². The molecular weight excluding hydrogens is 310 g/mol. The van der Waals surface area contributed by atoms with Crippen LogP contribution >= 0.6 is 15.9 Å². The van der Waals surface area contributed by atoms with Crippen LogP contribution in [0.15, 0.2) is 48.5 Å². The molecule has 0 aromatic heterocycles. The summed E-state index contributed by atoms with van der Waals surface area (Å²) in [4.78, 5) is 2.53. The van der Waals surface area contributed by atoms with E-state index in [1.165, 1.54) is 28.8 Å². The van der Waals surface area contributed by atoms with E-state index in [9.17, 15) is 0 Å². The van der Waals surface area contributed by atoms with Gasteiger partial charge in [0, 0.05) is 30.0 Å². The van der Waals surface area contributed by atoms with Crippen LogP contribution in [0.2, 0.25) is 0 Å². The van der Waals surface area contributed by atoms with Gasteiger partial charge in [-0.05, 0) is 36.1 Å². The number of nitrogens with zero attached hydrogens (tertiary/aromatic N) is 1. The molecule has 1 atom stereocenters. The lowest BCUT2D eigenvalue weighted by atomic mass is 9.99. The number of aryl methyl sites for hydroxylation is 1. The fourth-order valence-electron chi connectivity index (χ4n) is 3.13. The zero-order valence-corrected chi connectivity index (χ0v) is 13.4. The number of alkyl halides is 1. The molecule has 2 aromatic carbocycles. The molecule has 1 nitrogen and oxygen atoms in total. The molecule has 0 amide bonds. The van der Waals surface area contributed by atoms with Gasteiger partial charge in [0.2, 0.25) is 0 Å². The van der Waals surface area contributed by atoms with Crippen LogP contribution < -0.4 is 4.90 Å². The van der Waals surface area contributed by atoms with Crippen molar-refractivity contribution in [2.45, 2.75) is 24.6 Å². The molecule has 1 fully saturated rings. The monoisotopic (exact) mass is 329 g/mol. The van der Waals surface area contributed by atoms with E-state index in [1.54, 1.807) is 0 Å². The van der Waals surface area contributed by atoms with Crippen LogP contribution in [-0.4, -0.2) is 13.1 Å². The Labute approximate surface area is 129 Å². The average molecular weight is 330 g/mol. The minimum Gasteiger partial charge on any atom is -0.371 e. The van der Waals surface area contributed by atoms with Gasteiger partial charge in [0.05, 0.1) is 0 Å². The molecule has 1 unspecified atom stereocenters. The lowest BCUT2D eigenvalue weighted by molar-refractivity contribution is 0.775. The van der Waals surface area contributed by atoms with Gasteiger partial charge in [-0.3, -0.25) is 0 Å². The van der Waals surface area contributed by atoms with Crippen molar-refractivity contribution in [1.29, 1.82) is 0 Å². The van der Waals surface area contributed by atoms with Gasteiger partial charge in [-0.2, -0.15) is 0 Å². The van der Waals surface area contributed by atoms with E-state index in [-0.39, 0.29) is 0 Å². The Morgan fingerprint density at radius 2 is 1.95 bits per heavy atom. The molecule has 0 N–H and O–H groups in total.